The third kappa shape index (κ3) is 12.9. The van der Waals surface area contributed by atoms with Gasteiger partial charge in [0.15, 0.2) is 0 Å². The molecule has 92 valence electrons. The predicted molar refractivity (Wildman–Crippen MR) is 68.1 cm³/mol. The van der Waals surface area contributed by atoms with Crippen molar-refractivity contribution < 1.29 is 9.90 Å². The van der Waals surface area contributed by atoms with E-state index in [1.54, 1.807) is 6.08 Å². The van der Waals surface area contributed by atoms with E-state index >= 15 is 0 Å². The van der Waals surface area contributed by atoms with Gasteiger partial charge in [-0.2, -0.15) is 0 Å². The zero-order chi connectivity index (χ0) is 12.1. The third-order valence-corrected chi connectivity index (χ3v) is 2.34. The summed E-state index contributed by atoms with van der Waals surface area (Å²) < 4.78 is 0. The molecule has 3 nitrogen and oxygen atoms in total. The molecule has 0 saturated carbocycles. The topological polar surface area (TPSA) is 49.7 Å². The van der Waals surface area contributed by atoms with E-state index in [-0.39, 0.29) is 0 Å². The van der Waals surface area contributed by atoms with Crippen LogP contribution in [0.1, 0.15) is 51.4 Å². The van der Waals surface area contributed by atoms with Crippen LogP contribution >= 0.6 is 0 Å². The van der Waals surface area contributed by atoms with Gasteiger partial charge in [-0.25, -0.2) is 0 Å². The molecule has 3 heteroatoms. The second-order valence-electron chi connectivity index (χ2n) is 3.89. The summed E-state index contributed by atoms with van der Waals surface area (Å²) in [6.45, 7) is 4.31. The first-order valence-electron chi connectivity index (χ1n) is 6.08. The average Bonchev–Trinajstić information content (AvgIpc) is 2.25. The Morgan fingerprint density at radius 2 is 1.75 bits per heavy atom. The van der Waals surface area contributed by atoms with Crippen molar-refractivity contribution in [3.05, 3.63) is 12.7 Å². The zero-order valence-electron chi connectivity index (χ0n) is 10.0. The highest BCUT2D eigenvalue weighted by Gasteiger charge is 1.95. The number of hydrogen-bond donors (Lipinski definition) is 1. The van der Waals surface area contributed by atoms with Crippen LogP contribution in [-0.4, -0.2) is 23.8 Å². The van der Waals surface area contributed by atoms with E-state index in [1.807, 2.05) is 6.21 Å². The van der Waals surface area contributed by atoms with Gasteiger partial charge in [0.05, 0.1) is 6.54 Å². The minimum Gasteiger partial charge on any atom is -0.481 e. The van der Waals surface area contributed by atoms with E-state index < -0.39 is 5.97 Å². The van der Waals surface area contributed by atoms with Gasteiger partial charge < -0.3 is 5.11 Å². The van der Waals surface area contributed by atoms with E-state index in [0.29, 0.717) is 6.42 Å². The van der Waals surface area contributed by atoms with E-state index in [1.165, 1.54) is 19.3 Å². The lowest BCUT2D eigenvalue weighted by Gasteiger charge is -1.98. The number of aliphatic carboxylic acids is 1. The van der Waals surface area contributed by atoms with Crippen molar-refractivity contribution in [3.8, 4) is 0 Å². The fourth-order valence-electron chi connectivity index (χ4n) is 1.46. The summed E-state index contributed by atoms with van der Waals surface area (Å²) >= 11 is 0. The number of hydrogen-bond acceptors (Lipinski definition) is 2. The molecule has 0 aliphatic carbocycles. The highest BCUT2D eigenvalue weighted by Crippen LogP contribution is 2.07. The summed E-state index contributed by atoms with van der Waals surface area (Å²) in [5.74, 6) is -0.682. The molecule has 0 fully saturated rings. The van der Waals surface area contributed by atoms with Crippen molar-refractivity contribution in [2.45, 2.75) is 51.4 Å². The Morgan fingerprint density at radius 1 is 1.12 bits per heavy atom. The number of carbonyl (C=O) groups is 1. The summed E-state index contributed by atoms with van der Waals surface area (Å²) in [4.78, 5) is 14.4. The van der Waals surface area contributed by atoms with Crippen molar-refractivity contribution in [3.63, 3.8) is 0 Å². The Kier molecular flexibility index (Phi) is 11.1. The lowest BCUT2D eigenvalue weighted by Crippen LogP contribution is -1.93. The van der Waals surface area contributed by atoms with Crippen LogP contribution in [0.2, 0.25) is 0 Å². The van der Waals surface area contributed by atoms with E-state index in [9.17, 15) is 4.79 Å². The van der Waals surface area contributed by atoms with Gasteiger partial charge in [-0.05, 0) is 25.5 Å². The number of carboxylic acids is 1. The first-order chi connectivity index (χ1) is 7.77. The van der Waals surface area contributed by atoms with Gasteiger partial charge in [-0.1, -0.05) is 31.8 Å². The van der Waals surface area contributed by atoms with Gasteiger partial charge in [-0.3, -0.25) is 9.79 Å². The molecule has 16 heavy (non-hydrogen) atoms. The number of nitrogens with zero attached hydrogens (tertiary/aromatic N) is 1. The van der Waals surface area contributed by atoms with Crippen molar-refractivity contribution in [1.29, 1.82) is 0 Å². The molecular formula is C13H23NO2. The molecule has 0 aromatic heterocycles. The SMILES string of the molecule is C=CC/N=C/CCCCCCCCC(=O)O. The maximum atomic E-state index is 10.2. The molecule has 0 heterocycles. The fourth-order valence-corrected chi connectivity index (χ4v) is 1.46. The first kappa shape index (κ1) is 14.9. The first-order valence-corrected chi connectivity index (χ1v) is 6.08. The molecule has 0 saturated heterocycles. The van der Waals surface area contributed by atoms with Crippen molar-refractivity contribution in [2.24, 2.45) is 4.99 Å². The Labute approximate surface area is 98.3 Å². The quantitative estimate of drug-likeness (QED) is 0.332. The summed E-state index contributed by atoms with van der Waals surface area (Å²) in [5.41, 5.74) is 0. The predicted octanol–water partition coefficient (Wildman–Crippen LogP) is 3.45. The maximum absolute atomic E-state index is 10.2. The Morgan fingerprint density at radius 3 is 2.38 bits per heavy atom. The van der Waals surface area contributed by atoms with Crippen LogP contribution in [-0.2, 0) is 4.79 Å². The number of carboxylic acid groups (broad SMARTS) is 1. The van der Waals surface area contributed by atoms with E-state index in [0.717, 1.165) is 32.2 Å². The van der Waals surface area contributed by atoms with Crippen LogP contribution in [0, 0.1) is 0 Å². The average molecular weight is 225 g/mol. The van der Waals surface area contributed by atoms with Crippen LogP contribution in [0.25, 0.3) is 0 Å². The Hall–Kier alpha value is -1.12. The molecule has 0 aromatic rings. The maximum Gasteiger partial charge on any atom is 0.303 e. The van der Waals surface area contributed by atoms with Crippen LogP contribution in [0.15, 0.2) is 17.6 Å². The lowest BCUT2D eigenvalue weighted by atomic mass is 10.1. The van der Waals surface area contributed by atoms with Gasteiger partial charge >= 0.3 is 5.97 Å². The molecule has 0 spiro atoms. The van der Waals surface area contributed by atoms with Gasteiger partial charge in [-0.15, -0.1) is 6.58 Å². The Bertz CT molecular complexity index is 212. The molecule has 0 aromatic carbocycles. The number of unbranched alkanes of at least 4 members (excludes halogenated alkanes) is 6. The third-order valence-electron chi connectivity index (χ3n) is 2.34. The van der Waals surface area contributed by atoms with Crippen LogP contribution < -0.4 is 0 Å². The summed E-state index contributed by atoms with van der Waals surface area (Å²) in [5, 5.41) is 8.44. The largest absolute Gasteiger partial charge is 0.481 e. The lowest BCUT2D eigenvalue weighted by molar-refractivity contribution is -0.137. The van der Waals surface area contributed by atoms with Gasteiger partial charge in [0.2, 0.25) is 0 Å². The normalized spacial score (nSPS) is 10.8. The molecule has 0 atom stereocenters. The van der Waals surface area contributed by atoms with Crippen molar-refractivity contribution in [2.75, 3.05) is 6.54 Å². The highest BCUT2D eigenvalue weighted by molar-refractivity contribution is 5.66. The summed E-state index contributed by atoms with van der Waals surface area (Å²) in [6, 6.07) is 0. The van der Waals surface area contributed by atoms with Gasteiger partial charge in [0.1, 0.15) is 0 Å². The minimum atomic E-state index is -0.682. The van der Waals surface area contributed by atoms with Crippen molar-refractivity contribution in [1.82, 2.24) is 0 Å². The number of rotatable bonds is 11. The highest BCUT2D eigenvalue weighted by atomic mass is 16.4. The molecule has 0 radical (unpaired) electrons. The summed E-state index contributed by atoms with van der Waals surface area (Å²) in [7, 11) is 0. The Balaban J connectivity index is 3.04. The molecular weight excluding hydrogens is 202 g/mol. The monoisotopic (exact) mass is 225 g/mol. The molecule has 0 aliphatic heterocycles. The molecule has 0 rings (SSSR count). The van der Waals surface area contributed by atoms with Crippen LogP contribution in [0.5, 0.6) is 0 Å². The second-order valence-corrected chi connectivity index (χ2v) is 3.89. The van der Waals surface area contributed by atoms with Crippen molar-refractivity contribution >= 4 is 12.2 Å². The molecule has 1 N–H and O–H groups in total. The molecule has 0 aliphatic rings. The fraction of sp³-hybridized carbons (Fsp3) is 0.692. The zero-order valence-corrected chi connectivity index (χ0v) is 10.0. The molecule has 0 amide bonds. The second kappa shape index (κ2) is 12.0. The smallest absolute Gasteiger partial charge is 0.303 e. The summed E-state index contributed by atoms with van der Waals surface area (Å²) in [6.07, 6.45) is 11.7. The molecule has 0 bridgehead atoms. The van der Waals surface area contributed by atoms with Crippen LogP contribution in [0.4, 0.5) is 0 Å². The number of aliphatic imine (C=N–C) groups is 1. The van der Waals surface area contributed by atoms with Gasteiger partial charge in [0.25, 0.3) is 0 Å². The molecule has 0 unspecified atom stereocenters. The minimum absolute atomic E-state index is 0.314. The van der Waals surface area contributed by atoms with E-state index in [4.69, 9.17) is 5.11 Å². The van der Waals surface area contributed by atoms with Gasteiger partial charge in [0, 0.05) is 6.42 Å². The van der Waals surface area contributed by atoms with Crippen LogP contribution in [0.3, 0.4) is 0 Å². The standard InChI is InChI=1S/C13H23NO2/c1-2-11-14-12-9-7-5-3-4-6-8-10-13(15)16/h2,12H,1,3-11H2,(H,15,16)/b14-12+. The van der Waals surface area contributed by atoms with E-state index in [2.05, 4.69) is 11.6 Å².